The SMILES string of the molecule is Cc1[nH]c(-c2cccc(NS(C)(=O)=O)c2)cc1C(N)=O. The van der Waals surface area contributed by atoms with E-state index in [1.165, 1.54) is 0 Å². The largest absolute Gasteiger partial charge is 0.366 e. The minimum Gasteiger partial charge on any atom is -0.366 e. The summed E-state index contributed by atoms with van der Waals surface area (Å²) in [5.41, 5.74) is 8.28. The Morgan fingerprint density at radius 3 is 2.55 bits per heavy atom. The van der Waals surface area contributed by atoms with Crippen LogP contribution in [-0.2, 0) is 10.0 Å². The van der Waals surface area contributed by atoms with Crippen LogP contribution in [0.4, 0.5) is 5.69 Å². The lowest BCUT2D eigenvalue weighted by molar-refractivity contribution is 0.1000. The zero-order chi connectivity index (χ0) is 14.9. The fourth-order valence-electron chi connectivity index (χ4n) is 1.93. The summed E-state index contributed by atoms with van der Waals surface area (Å²) < 4.78 is 24.8. The highest BCUT2D eigenvalue weighted by atomic mass is 32.2. The first-order valence-electron chi connectivity index (χ1n) is 5.84. The zero-order valence-corrected chi connectivity index (χ0v) is 11.9. The maximum atomic E-state index is 11.2. The van der Waals surface area contributed by atoms with Gasteiger partial charge in [-0.3, -0.25) is 9.52 Å². The molecule has 4 N–H and O–H groups in total. The monoisotopic (exact) mass is 293 g/mol. The molecule has 0 atom stereocenters. The third-order valence-electron chi connectivity index (χ3n) is 2.76. The number of hydrogen-bond acceptors (Lipinski definition) is 3. The molecule has 0 aliphatic heterocycles. The summed E-state index contributed by atoms with van der Waals surface area (Å²) in [7, 11) is -3.33. The van der Waals surface area contributed by atoms with Gasteiger partial charge in [-0.1, -0.05) is 12.1 Å². The van der Waals surface area contributed by atoms with Gasteiger partial charge in [-0.2, -0.15) is 0 Å². The van der Waals surface area contributed by atoms with E-state index in [0.29, 0.717) is 22.6 Å². The Morgan fingerprint density at radius 2 is 2.00 bits per heavy atom. The predicted octanol–water partition coefficient (Wildman–Crippen LogP) is 1.46. The van der Waals surface area contributed by atoms with E-state index in [1.54, 1.807) is 31.2 Å². The van der Waals surface area contributed by atoms with Gasteiger partial charge in [-0.05, 0) is 25.1 Å². The molecule has 0 fully saturated rings. The van der Waals surface area contributed by atoms with E-state index in [2.05, 4.69) is 9.71 Å². The smallest absolute Gasteiger partial charge is 0.250 e. The number of nitrogens with one attached hydrogen (secondary N) is 2. The molecule has 2 aromatic rings. The van der Waals surface area contributed by atoms with E-state index >= 15 is 0 Å². The summed E-state index contributed by atoms with van der Waals surface area (Å²) >= 11 is 0. The van der Waals surface area contributed by atoms with Gasteiger partial charge in [0.05, 0.1) is 11.8 Å². The van der Waals surface area contributed by atoms with Crippen LogP contribution in [0.15, 0.2) is 30.3 Å². The number of nitrogens with two attached hydrogens (primary N) is 1. The summed E-state index contributed by atoms with van der Waals surface area (Å²) in [5.74, 6) is -0.504. The average Bonchev–Trinajstić information content (AvgIpc) is 2.69. The first-order chi connectivity index (χ1) is 9.26. The van der Waals surface area contributed by atoms with Crippen molar-refractivity contribution in [3.8, 4) is 11.3 Å². The standard InChI is InChI=1S/C13H15N3O3S/c1-8-11(13(14)17)7-12(15-8)9-4-3-5-10(6-9)16-20(2,18)19/h3-7,15-16H,1-2H3,(H2,14,17). The third kappa shape index (κ3) is 3.18. The fraction of sp³-hybridized carbons (Fsp3) is 0.154. The lowest BCUT2D eigenvalue weighted by Gasteiger charge is -2.05. The number of rotatable bonds is 4. The third-order valence-corrected chi connectivity index (χ3v) is 3.36. The molecule has 0 aliphatic carbocycles. The fourth-order valence-corrected chi connectivity index (χ4v) is 2.49. The number of aromatic amines is 1. The molecule has 20 heavy (non-hydrogen) atoms. The molecule has 0 saturated heterocycles. The molecule has 7 heteroatoms. The van der Waals surface area contributed by atoms with Gasteiger partial charge in [-0.15, -0.1) is 0 Å². The van der Waals surface area contributed by atoms with Crippen LogP contribution < -0.4 is 10.5 Å². The molecule has 6 nitrogen and oxygen atoms in total. The molecule has 0 unspecified atom stereocenters. The summed E-state index contributed by atoms with van der Waals surface area (Å²) in [6, 6.07) is 8.51. The molecule has 2 rings (SSSR count). The van der Waals surface area contributed by atoms with Crippen molar-refractivity contribution >= 4 is 21.6 Å². The lowest BCUT2D eigenvalue weighted by atomic mass is 10.1. The van der Waals surface area contributed by atoms with Gasteiger partial charge in [0.2, 0.25) is 10.0 Å². The first kappa shape index (κ1) is 14.1. The zero-order valence-electron chi connectivity index (χ0n) is 11.1. The van der Waals surface area contributed by atoms with E-state index in [0.717, 1.165) is 11.8 Å². The molecule has 0 bridgehead atoms. The van der Waals surface area contributed by atoms with Crippen LogP contribution in [0.3, 0.4) is 0 Å². The Labute approximate surface area is 117 Å². The van der Waals surface area contributed by atoms with E-state index in [4.69, 9.17) is 5.73 Å². The highest BCUT2D eigenvalue weighted by Crippen LogP contribution is 2.24. The van der Waals surface area contributed by atoms with Crippen molar-refractivity contribution in [3.05, 3.63) is 41.6 Å². The highest BCUT2D eigenvalue weighted by Gasteiger charge is 2.11. The van der Waals surface area contributed by atoms with Crippen molar-refractivity contribution in [2.24, 2.45) is 5.73 Å². The quantitative estimate of drug-likeness (QED) is 0.794. The summed E-state index contributed by atoms with van der Waals surface area (Å²) in [5, 5.41) is 0. The van der Waals surface area contributed by atoms with Crippen LogP contribution in [0, 0.1) is 6.92 Å². The van der Waals surface area contributed by atoms with Gasteiger partial charge in [0.25, 0.3) is 5.91 Å². The molecule has 1 heterocycles. The van der Waals surface area contributed by atoms with Crippen molar-refractivity contribution in [3.63, 3.8) is 0 Å². The number of anilines is 1. The van der Waals surface area contributed by atoms with E-state index in [9.17, 15) is 13.2 Å². The highest BCUT2D eigenvalue weighted by molar-refractivity contribution is 7.92. The van der Waals surface area contributed by atoms with Crippen LogP contribution >= 0.6 is 0 Å². The second-order valence-electron chi connectivity index (χ2n) is 4.54. The number of aryl methyl sites for hydroxylation is 1. The lowest BCUT2D eigenvalue weighted by Crippen LogP contribution is -2.10. The van der Waals surface area contributed by atoms with Crippen LogP contribution in [0.2, 0.25) is 0 Å². The summed E-state index contributed by atoms with van der Waals surface area (Å²) in [4.78, 5) is 14.3. The molecular formula is C13H15N3O3S. The molecule has 106 valence electrons. The molecule has 1 amide bonds. The minimum absolute atomic E-state index is 0.418. The number of primary amides is 1. The normalized spacial score (nSPS) is 11.3. The first-order valence-corrected chi connectivity index (χ1v) is 7.73. The van der Waals surface area contributed by atoms with E-state index in [1.807, 2.05) is 6.07 Å². The van der Waals surface area contributed by atoms with Gasteiger partial charge in [0, 0.05) is 22.6 Å². The average molecular weight is 293 g/mol. The number of H-pyrrole nitrogens is 1. The maximum Gasteiger partial charge on any atom is 0.250 e. The number of sulfonamides is 1. The van der Waals surface area contributed by atoms with E-state index in [-0.39, 0.29) is 0 Å². The molecule has 0 saturated carbocycles. The summed E-state index contributed by atoms with van der Waals surface area (Å²) in [6.07, 6.45) is 1.09. The van der Waals surface area contributed by atoms with Crippen molar-refractivity contribution < 1.29 is 13.2 Å². The van der Waals surface area contributed by atoms with Crippen molar-refractivity contribution in [1.29, 1.82) is 0 Å². The van der Waals surface area contributed by atoms with E-state index < -0.39 is 15.9 Å². The van der Waals surface area contributed by atoms with Crippen LogP contribution in [0.5, 0.6) is 0 Å². The number of benzene rings is 1. The molecule has 0 radical (unpaired) electrons. The van der Waals surface area contributed by atoms with Crippen LogP contribution in [0.25, 0.3) is 11.3 Å². The van der Waals surface area contributed by atoms with Gasteiger partial charge in [0.1, 0.15) is 0 Å². The minimum atomic E-state index is -3.33. The summed E-state index contributed by atoms with van der Waals surface area (Å²) in [6.45, 7) is 1.75. The molecule has 0 spiro atoms. The number of amides is 1. The second kappa shape index (κ2) is 5.01. The number of hydrogen-bond donors (Lipinski definition) is 3. The maximum absolute atomic E-state index is 11.2. The number of carbonyl (C=O) groups excluding carboxylic acids is 1. The Hall–Kier alpha value is -2.28. The van der Waals surface area contributed by atoms with Crippen molar-refractivity contribution in [2.75, 3.05) is 11.0 Å². The van der Waals surface area contributed by atoms with Crippen LogP contribution in [-0.4, -0.2) is 25.6 Å². The second-order valence-corrected chi connectivity index (χ2v) is 6.29. The molecule has 1 aromatic carbocycles. The van der Waals surface area contributed by atoms with Gasteiger partial charge >= 0.3 is 0 Å². The van der Waals surface area contributed by atoms with Crippen molar-refractivity contribution in [1.82, 2.24) is 4.98 Å². The molecular weight excluding hydrogens is 278 g/mol. The predicted molar refractivity (Wildman–Crippen MR) is 78.0 cm³/mol. The Morgan fingerprint density at radius 1 is 1.30 bits per heavy atom. The molecule has 0 aliphatic rings. The van der Waals surface area contributed by atoms with Gasteiger partial charge in [0.15, 0.2) is 0 Å². The number of carbonyl (C=O) groups is 1. The number of aromatic nitrogens is 1. The van der Waals surface area contributed by atoms with Crippen molar-refractivity contribution in [2.45, 2.75) is 6.92 Å². The van der Waals surface area contributed by atoms with Gasteiger partial charge < -0.3 is 10.7 Å². The van der Waals surface area contributed by atoms with Gasteiger partial charge in [-0.25, -0.2) is 8.42 Å². The Kier molecular flexibility index (Phi) is 3.54. The van der Waals surface area contributed by atoms with Crippen LogP contribution in [0.1, 0.15) is 16.1 Å². The topological polar surface area (TPSA) is 105 Å². The Balaban J connectivity index is 2.41. The molecule has 1 aromatic heterocycles. The Bertz CT molecular complexity index is 763.